The van der Waals surface area contributed by atoms with E-state index in [0.717, 1.165) is 12.8 Å². The Morgan fingerprint density at radius 1 is 1.30 bits per heavy atom. The standard InChI is InChI=1S/C16H28N2OS/c1-11(2)17-13(10-16(3,4)19-5)15-18-12-8-6-7-9-14(12)20-15/h11,13,17H,6-10H2,1-5H3. The molecule has 0 aromatic carbocycles. The van der Waals surface area contributed by atoms with E-state index in [2.05, 4.69) is 33.0 Å². The quantitative estimate of drug-likeness (QED) is 0.865. The summed E-state index contributed by atoms with van der Waals surface area (Å²) >= 11 is 1.91. The number of nitrogens with zero attached hydrogens (tertiary/aromatic N) is 1. The van der Waals surface area contributed by atoms with Crippen LogP contribution >= 0.6 is 11.3 Å². The molecule has 4 heteroatoms. The van der Waals surface area contributed by atoms with Crippen molar-refractivity contribution < 1.29 is 4.74 Å². The Morgan fingerprint density at radius 3 is 2.60 bits per heavy atom. The van der Waals surface area contributed by atoms with Crippen molar-refractivity contribution in [2.75, 3.05) is 7.11 Å². The molecule has 0 radical (unpaired) electrons. The average Bonchev–Trinajstić information content (AvgIpc) is 2.81. The second kappa shape index (κ2) is 6.54. The topological polar surface area (TPSA) is 34.1 Å². The van der Waals surface area contributed by atoms with Crippen molar-refractivity contribution in [3.63, 3.8) is 0 Å². The second-order valence-corrected chi connectivity index (χ2v) is 7.79. The Kier molecular flexibility index (Phi) is 5.21. The number of nitrogens with one attached hydrogen (secondary N) is 1. The molecule has 114 valence electrons. The minimum absolute atomic E-state index is 0.126. The number of methoxy groups -OCH3 is 1. The van der Waals surface area contributed by atoms with E-state index in [0.29, 0.717) is 12.1 Å². The van der Waals surface area contributed by atoms with Gasteiger partial charge in [0.05, 0.1) is 17.3 Å². The van der Waals surface area contributed by atoms with Gasteiger partial charge in [-0.25, -0.2) is 4.98 Å². The van der Waals surface area contributed by atoms with Gasteiger partial charge < -0.3 is 10.1 Å². The molecule has 20 heavy (non-hydrogen) atoms. The van der Waals surface area contributed by atoms with Crippen LogP contribution in [0.3, 0.4) is 0 Å². The van der Waals surface area contributed by atoms with Gasteiger partial charge in [-0.3, -0.25) is 0 Å². The average molecular weight is 296 g/mol. The maximum atomic E-state index is 5.61. The molecule has 0 saturated carbocycles. The van der Waals surface area contributed by atoms with Gasteiger partial charge in [-0.2, -0.15) is 0 Å². The van der Waals surface area contributed by atoms with Gasteiger partial charge in [-0.05, 0) is 46.0 Å². The molecule has 1 aromatic heterocycles. The summed E-state index contributed by atoms with van der Waals surface area (Å²) in [7, 11) is 1.79. The molecule has 1 unspecified atom stereocenters. The molecular weight excluding hydrogens is 268 g/mol. The first-order chi connectivity index (χ1) is 9.41. The Balaban J connectivity index is 2.19. The number of rotatable bonds is 6. The molecule has 3 nitrogen and oxygen atoms in total. The summed E-state index contributed by atoms with van der Waals surface area (Å²) in [5, 5.41) is 4.91. The van der Waals surface area contributed by atoms with E-state index in [9.17, 15) is 0 Å². The highest BCUT2D eigenvalue weighted by atomic mass is 32.1. The molecule has 0 spiro atoms. The number of fused-ring (bicyclic) bond motifs is 1. The van der Waals surface area contributed by atoms with Crippen LogP contribution in [-0.4, -0.2) is 23.7 Å². The molecule has 0 aliphatic heterocycles. The minimum Gasteiger partial charge on any atom is -0.379 e. The number of aromatic nitrogens is 1. The van der Waals surface area contributed by atoms with E-state index in [-0.39, 0.29) is 5.60 Å². The zero-order valence-electron chi connectivity index (χ0n) is 13.5. The molecule has 0 fully saturated rings. The van der Waals surface area contributed by atoms with Crippen LogP contribution in [0, 0.1) is 0 Å². The SMILES string of the molecule is COC(C)(C)CC(NC(C)C)c1nc2c(s1)CCCC2. The van der Waals surface area contributed by atoms with E-state index >= 15 is 0 Å². The van der Waals surface area contributed by atoms with Crippen molar-refractivity contribution in [1.82, 2.24) is 10.3 Å². The van der Waals surface area contributed by atoms with Crippen LogP contribution in [0.15, 0.2) is 0 Å². The minimum atomic E-state index is -0.126. The first kappa shape index (κ1) is 15.9. The van der Waals surface area contributed by atoms with Gasteiger partial charge in [0.1, 0.15) is 5.01 Å². The molecular formula is C16H28N2OS. The lowest BCUT2D eigenvalue weighted by atomic mass is 9.98. The summed E-state index contributed by atoms with van der Waals surface area (Å²) in [4.78, 5) is 6.43. The fraction of sp³-hybridized carbons (Fsp3) is 0.812. The van der Waals surface area contributed by atoms with Crippen molar-refractivity contribution in [3.8, 4) is 0 Å². The first-order valence-electron chi connectivity index (χ1n) is 7.71. The number of thiazole rings is 1. The van der Waals surface area contributed by atoms with Crippen molar-refractivity contribution >= 4 is 11.3 Å². The molecule has 0 amide bonds. The predicted molar refractivity (Wildman–Crippen MR) is 85.5 cm³/mol. The Hall–Kier alpha value is -0.450. The fourth-order valence-electron chi connectivity index (χ4n) is 2.72. The lowest BCUT2D eigenvalue weighted by Gasteiger charge is -2.29. The van der Waals surface area contributed by atoms with Crippen LogP contribution in [0.2, 0.25) is 0 Å². The Labute approximate surface area is 127 Å². The highest BCUT2D eigenvalue weighted by Gasteiger charge is 2.28. The lowest BCUT2D eigenvalue weighted by molar-refractivity contribution is 0.00614. The molecule has 1 atom stereocenters. The van der Waals surface area contributed by atoms with Gasteiger partial charge >= 0.3 is 0 Å². The van der Waals surface area contributed by atoms with Crippen LogP contribution in [0.1, 0.15) is 68.6 Å². The zero-order chi connectivity index (χ0) is 14.8. The number of hydrogen-bond acceptors (Lipinski definition) is 4. The lowest BCUT2D eigenvalue weighted by Crippen LogP contribution is -2.35. The summed E-state index contributed by atoms with van der Waals surface area (Å²) in [5.74, 6) is 0. The van der Waals surface area contributed by atoms with Crippen molar-refractivity contribution in [2.45, 2.75) is 77.5 Å². The first-order valence-corrected chi connectivity index (χ1v) is 8.52. The van der Waals surface area contributed by atoms with Gasteiger partial charge in [0.25, 0.3) is 0 Å². The van der Waals surface area contributed by atoms with E-state index < -0.39 is 0 Å². The van der Waals surface area contributed by atoms with E-state index in [1.165, 1.54) is 34.8 Å². The van der Waals surface area contributed by atoms with E-state index in [1.54, 1.807) is 7.11 Å². The molecule has 1 heterocycles. The number of hydrogen-bond donors (Lipinski definition) is 1. The number of aryl methyl sites for hydroxylation is 2. The third-order valence-electron chi connectivity index (χ3n) is 3.94. The monoisotopic (exact) mass is 296 g/mol. The maximum Gasteiger partial charge on any atom is 0.110 e. The predicted octanol–water partition coefficient (Wildman–Crippen LogP) is 3.88. The molecule has 1 aliphatic carbocycles. The van der Waals surface area contributed by atoms with E-state index in [1.807, 2.05) is 11.3 Å². The van der Waals surface area contributed by atoms with Gasteiger partial charge in [-0.15, -0.1) is 11.3 Å². The fourth-order valence-corrected chi connectivity index (χ4v) is 3.93. The van der Waals surface area contributed by atoms with Crippen LogP contribution in [0.4, 0.5) is 0 Å². The molecule has 1 N–H and O–H groups in total. The molecule has 1 aliphatic rings. The van der Waals surface area contributed by atoms with Crippen molar-refractivity contribution in [1.29, 1.82) is 0 Å². The van der Waals surface area contributed by atoms with E-state index in [4.69, 9.17) is 9.72 Å². The summed E-state index contributed by atoms with van der Waals surface area (Å²) < 4.78 is 5.61. The second-order valence-electron chi connectivity index (χ2n) is 6.67. The van der Waals surface area contributed by atoms with Crippen LogP contribution in [0.5, 0.6) is 0 Å². The molecule has 1 aromatic rings. The number of ether oxygens (including phenoxy) is 1. The van der Waals surface area contributed by atoms with Gasteiger partial charge in [-0.1, -0.05) is 13.8 Å². The zero-order valence-corrected chi connectivity index (χ0v) is 14.3. The largest absolute Gasteiger partial charge is 0.379 e. The molecule has 2 rings (SSSR count). The van der Waals surface area contributed by atoms with Gasteiger partial charge in [0.15, 0.2) is 0 Å². The highest BCUT2D eigenvalue weighted by molar-refractivity contribution is 7.11. The molecule has 0 saturated heterocycles. The smallest absolute Gasteiger partial charge is 0.110 e. The Bertz CT molecular complexity index is 416. The van der Waals surface area contributed by atoms with Crippen LogP contribution in [-0.2, 0) is 17.6 Å². The third-order valence-corrected chi connectivity index (χ3v) is 5.21. The summed E-state index contributed by atoms with van der Waals surface area (Å²) in [5.41, 5.74) is 1.22. The van der Waals surface area contributed by atoms with Gasteiger partial charge in [0, 0.05) is 18.0 Å². The summed E-state index contributed by atoms with van der Waals surface area (Å²) in [6.07, 6.45) is 5.94. The van der Waals surface area contributed by atoms with Crippen LogP contribution < -0.4 is 5.32 Å². The van der Waals surface area contributed by atoms with Crippen molar-refractivity contribution in [3.05, 3.63) is 15.6 Å². The Morgan fingerprint density at radius 2 is 2.00 bits per heavy atom. The van der Waals surface area contributed by atoms with Crippen molar-refractivity contribution in [2.24, 2.45) is 0 Å². The van der Waals surface area contributed by atoms with Gasteiger partial charge in [0.2, 0.25) is 0 Å². The summed E-state index contributed by atoms with van der Waals surface area (Å²) in [6, 6.07) is 0.745. The summed E-state index contributed by atoms with van der Waals surface area (Å²) in [6.45, 7) is 8.69. The molecule has 0 bridgehead atoms. The normalized spacial score (nSPS) is 17.3. The van der Waals surface area contributed by atoms with Crippen LogP contribution in [0.25, 0.3) is 0 Å². The maximum absolute atomic E-state index is 5.61. The third kappa shape index (κ3) is 4.03. The highest BCUT2D eigenvalue weighted by Crippen LogP contribution is 2.33.